The zero-order chi connectivity index (χ0) is 16.9. The predicted molar refractivity (Wildman–Crippen MR) is 88.0 cm³/mol. The summed E-state index contributed by atoms with van der Waals surface area (Å²) >= 11 is 0. The third-order valence-corrected chi connectivity index (χ3v) is 3.97. The number of alkyl halides is 2. The molecule has 124 valence electrons. The molecule has 5 heteroatoms. The lowest BCUT2D eigenvalue weighted by atomic mass is 9.99. The van der Waals surface area contributed by atoms with E-state index in [1.54, 1.807) is 17.0 Å². The third-order valence-electron chi connectivity index (χ3n) is 3.97. The van der Waals surface area contributed by atoms with Crippen LogP contribution >= 0.6 is 0 Å². The van der Waals surface area contributed by atoms with E-state index in [9.17, 15) is 13.6 Å². The standard InChI is InChI=1S/C19H17F2NO2/c20-19(21)24-17-9-5-4-8-16(17)18(23)22-12-10-15(11-13-22)14-6-2-1-3-7-14/h1-10,19H,11-13H2. The van der Waals surface area contributed by atoms with Gasteiger partial charge in [0.2, 0.25) is 0 Å². The number of hydrogen-bond donors (Lipinski definition) is 0. The number of nitrogens with zero attached hydrogens (tertiary/aromatic N) is 1. The Kier molecular flexibility index (Phi) is 4.89. The summed E-state index contributed by atoms with van der Waals surface area (Å²) in [5.74, 6) is -0.384. The quantitative estimate of drug-likeness (QED) is 0.840. The molecule has 0 unspecified atom stereocenters. The van der Waals surface area contributed by atoms with E-state index >= 15 is 0 Å². The first-order valence-electron chi connectivity index (χ1n) is 7.72. The van der Waals surface area contributed by atoms with Crippen molar-refractivity contribution < 1.29 is 18.3 Å². The minimum atomic E-state index is -2.95. The average molecular weight is 329 g/mol. The highest BCUT2D eigenvalue weighted by Crippen LogP contribution is 2.26. The van der Waals surface area contributed by atoms with Gasteiger partial charge >= 0.3 is 6.61 Å². The first-order chi connectivity index (χ1) is 11.6. The van der Waals surface area contributed by atoms with Crippen LogP contribution in [0.5, 0.6) is 5.75 Å². The van der Waals surface area contributed by atoms with Crippen LogP contribution in [0, 0.1) is 0 Å². The molecule has 0 radical (unpaired) electrons. The molecule has 1 heterocycles. The molecule has 3 rings (SSSR count). The van der Waals surface area contributed by atoms with Crippen LogP contribution in [0.2, 0.25) is 0 Å². The van der Waals surface area contributed by atoms with Gasteiger partial charge < -0.3 is 9.64 Å². The summed E-state index contributed by atoms with van der Waals surface area (Å²) in [4.78, 5) is 14.3. The zero-order valence-electron chi connectivity index (χ0n) is 13.0. The monoisotopic (exact) mass is 329 g/mol. The van der Waals surface area contributed by atoms with Crippen molar-refractivity contribution in [1.82, 2.24) is 4.90 Å². The molecular weight excluding hydrogens is 312 g/mol. The molecule has 1 amide bonds. The number of carbonyl (C=O) groups is 1. The molecule has 1 aliphatic heterocycles. The van der Waals surface area contributed by atoms with E-state index in [1.807, 2.05) is 36.4 Å². The summed E-state index contributed by atoms with van der Waals surface area (Å²) in [6, 6.07) is 16.1. The van der Waals surface area contributed by atoms with E-state index in [4.69, 9.17) is 0 Å². The molecule has 24 heavy (non-hydrogen) atoms. The third kappa shape index (κ3) is 3.62. The maximum absolute atomic E-state index is 12.6. The van der Waals surface area contributed by atoms with Crippen LogP contribution < -0.4 is 4.74 Å². The Hall–Kier alpha value is -2.69. The zero-order valence-corrected chi connectivity index (χ0v) is 13.0. The topological polar surface area (TPSA) is 29.5 Å². The van der Waals surface area contributed by atoms with Gasteiger partial charge in [-0.15, -0.1) is 0 Å². The van der Waals surface area contributed by atoms with Crippen molar-refractivity contribution in [2.75, 3.05) is 13.1 Å². The average Bonchev–Trinajstić information content (AvgIpc) is 2.62. The highest BCUT2D eigenvalue weighted by molar-refractivity contribution is 5.97. The molecular formula is C19H17F2NO2. The normalized spacial score (nSPS) is 14.5. The van der Waals surface area contributed by atoms with Crippen molar-refractivity contribution in [3.8, 4) is 5.75 Å². The van der Waals surface area contributed by atoms with E-state index in [0.29, 0.717) is 13.1 Å². The fourth-order valence-corrected chi connectivity index (χ4v) is 2.78. The molecule has 0 saturated carbocycles. The fourth-order valence-electron chi connectivity index (χ4n) is 2.78. The molecule has 2 aromatic rings. The van der Waals surface area contributed by atoms with Crippen molar-refractivity contribution in [1.29, 1.82) is 0 Å². The van der Waals surface area contributed by atoms with Crippen molar-refractivity contribution in [2.24, 2.45) is 0 Å². The Bertz CT molecular complexity index is 744. The summed E-state index contributed by atoms with van der Waals surface area (Å²) in [5, 5.41) is 0. The van der Waals surface area contributed by atoms with Gasteiger partial charge in [0.1, 0.15) is 5.75 Å². The largest absolute Gasteiger partial charge is 0.434 e. The summed E-state index contributed by atoms with van der Waals surface area (Å²) in [7, 11) is 0. The Morgan fingerprint density at radius 1 is 1.04 bits per heavy atom. The Morgan fingerprint density at radius 2 is 1.75 bits per heavy atom. The highest BCUT2D eigenvalue weighted by atomic mass is 19.3. The number of benzene rings is 2. The molecule has 2 aromatic carbocycles. The molecule has 0 atom stereocenters. The van der Waals surface area contributed by atoms with E-state index < -0.39 is 6.61 Å². The molecule has 1 aliphatic rings. The van der Waals surface area contributed by atoms with Gasteiger partial charge in [-0.1, -0.05) is 48.5 Å². The number of amides is 1. The molecule has 3 nitrogen and oxygen atoms in total. The summed E-state index contributed by atoms with van der Waals surface area (Å²) < 4.78 is 29.4. The minimum Gasteiger partial charge on any atom is -0.434 e. The number of hydrogen-bond acceptors (Lipinski definition) is 2. The lowest BCUT2D eigenvalue weighted by molar-refractivity contribution is -0.0502. The molecule has 0 bridgehead atoms. The smallest absolute Gasteiger partial charge is 0.387 e. The number of rotatable bonds is 4. The predicted octanol–water partition coefficient (Wildman–Crippen LogP) is 4.22. The van der Waals surface area contributed by atoms with Crippen molar-refractivity contribution in [3.05, 3.63) is 71.8 Å². The SMILES string of the molecule is O=C(c1ccccc1OC(F)F)N1CC=C(c2ccccc2)CC1. The molecule has 0 fully saturated rings. The lowest BCUT2D eigenvalue weighted by Gasteiger charge is -2.27. The van der Waals surface area contributed by atoms with Crippen molar-refractivity contribution >= 4 is 11.5 Å². The Labute approximate surface area is 139 Å². The van der Waals surface area contributed by atoms with Crippen molar-refractivity contribution in [2.45, 2.75) is 13.0 Å². The van der Waals surface area contributed by atoms with Crippen LogP contribution in [0.4, 0.5) is 8.78 Å². The first kappa shape index (κ1) is 16.2. The van der Waals surface area contributed by atoms with Gasteiger partial charge in [0.05, 0.1) is 5.56 Å². The van der Waals surface area contributed by atoms with Gasteiger partial charge in [-0.25, -0.2) is 0 Å². The molecule has 0 aromatic heterocycles. The highest BCUT2D eigenvalue weighted by Gasteiger charge is 2.23. The first-order valence-corrected chi connectivity index (χ1v) is 7.72. The van der Waals surface area contributed by atoms with Crippen LogP contribution in [0.3, 0.4) is 0 Å². The Morgan fingerprint density at radius 3 is 2.42 bits per heavy atom. The van der Waals surface area contributed by atoms with Gasteiger partial charge in [0.15, 0.2) is 0 Å². The fraction of sp³-hybridized carbons (Fsp3) is 0.211. The van der Waals surface area contributed by atoms with Crippen LogP contribution in [0.25, 0.3) is 5.57 Å². The minimum absolute atomic E-state index is 0.0877. The van der Waals surface area contributed by atoms with Gasteiger partial charge in [-0.05, 0) is 29.7 Å². The van der Waals surface area contributed by atoms with Gasteiger partial charge in [0, 0.05) is 13.1 Å². The number of para-hydroxylation sites is 1. The van der Waals surface area contributed by atoms with E-state index in [1.165, 1.54) is 17.7 Å². The summed E-state index contributed by atoms with van der Waals surface area (Å²) in [5.41, 5.74) is 2.50. The second kappa shape index (κ2) is 7.25. The number of ether oxygens (including phenoxy) is 1. The lowest BCUT2D eigenvalue weighted by Crippen LogP contribution is -2.35. The second-order valence-corrected chi connectivity index (χ2v) is 5.47. The van der Waals surface area contributed by atoms with E-state index in [2.05, 4.69) is 4.74 Å². The molecule has 0 saturated heterocycles. The van der Waals surface area contributed by atoms with E-state index in [-0.39, 0.29) is 17.2 Å². The number of halogens is 2. The maximum atomic E-state index is 12.6. The maximum Gasteiger partial charge on any atom is 0.387 e. The van der Waals surface area contributed by atoms with E-state index in [0.717, 1.165) is 12.0 Å². The van der Waals surface area contributed by atoms with Crippen LogP contribution in [-0.2, 0) is 0 Å². The second-order valence-electron chi connectivity index (χ2n) is 5.47. The molecule has 0 spiro atoms. The van der Waals surface area contributed by atoms with Gasteiger partial charge in [-0.2, -0.15) is 8.78 Å². The summed E-state index contributed by atoms with van der Waals surface area (Å²) in [6.07, 6.45) is 2.74. The summed E-state index contributed by atoms with van der Waals surface area (Å²) in [6.45, 7) is -1.96. The van der Waals surface area contributed by atoms with Crippen molar-refractivity contribution in [3.63, 3.8) is 0 Å². The van der Waals surface area contributed by atoms with Gasteiger partial charge in [0.25, 0.3) is 5.91 Å². The Balaban J connectivity index is 1.75. The molecule has 0 N–H and O–H groups in total. The van der Waals surface area contributed by atoms with Gasteiger partial charge in [-0.3, -0.25) is 4.79 Å². The van der Waals surface area contributed by atoms with Crippen LogP contribution in [0.1, 0.15) is 22.3 Å². The molecule has 0 aliphatic carbocycles. The van der Waals surface area contributed by atoms with Crippen LogP contribution in [-0.4, -0.2) is 30.5 Å². The number of carbonyl (C=O) groups excluding carboxylic acids is 1. The van der Waals surface area contributed by atoms with Crippen LogP contribution in [0.15, 0.2) is 60.7 Å².